The zero-order valence-electron chi connectivity index (χ0n) is 4.86. The van der Waals surface area contributed by atoms with Crippen molar-refractivity contribution in [3.8, 4) is 0 Å². The first-order chi connectivity index (χ1) is 4.16. The molecule has 0 aliphatic carbocycles. The number of nitrogens with zero attached hydrogens (tertiary/aromatic N) is 1. The molecule has 0 aromatic carbocycles. The van der Waals surface area contributed by atoms with Gasteiger partial charge in [-0.05, 0) is 6.61 Å². The first-order valence-corrected chi connectivity index (χ1v) is 2.32. The third-order valence-corrected chi connectivity index (χ3v) is 0.497. The molecule has 0 aliphatic heterocycles. The minimum absolute atomic E-state index is 0.156. The van der Waals surface area contributed by atoms with E-state index in [1.165, 1.54) is 0 Å². The molecule has 0 N–H and O–H groups in total. The van der Waals surface area contributed by atoms with Gasteiger partial charge in [0.2, 0.25) is 0 Å². The Kier molecular flexibility index (Phi) is 3.19. The molecule has 0 aromatic heterocycles. The summed E-state index contributed by atoms with van der Waals surface area (Å²) < 4.78 is 4.22. The normalized spacial score (nSPS) is 11.0. The molecule has 0 aromatic rings. The van der Waals surface area contributed by atoms with Crippen molar-refractivity contribution in [3.63, 3.8) is 0 Å². The summed E-state index contributed by atoms with van der Waals surface area (Å²) in [5.41, 5.74) is 0. The van der Waals surface area contributed by atoms with Crippen LogP contribution in [0.1, 0.15) is 6.92 Å². The lowest BCUT2D eigenvalue weighted by molar-refractivity contribution is -0.435. The molecule has 0 rings (SSSR count). The van der Waals surface area contributed by atoms with E-state index in [9.17, 15) is 15.2 Å². The van der Waals surface area contributed by atoms with Gasteiger partial charge in [0.05, 0.1) is 4.92 Å². The van der Waals surface area contributed by atoms with Gasteiger partial charge in [0.25, 0.3) is 6.20 Å². The molecule has 0 unspecified atom stereocenters. The van der Waals surface area contributed by atoms with Crippen molar-refractivity contribution in [3.05, 3.63) is 22.3 Å². The number of hydrogen-bond acceptors (Lipinski definition) is 4. The Morgan fingerprint density at radius 3 is 2.78 bits per heavy atom. The van der Waals surface area contributed by atoms with E-state index >= 15 is 0 Å². The predicted octanol–water partition coefficient (Wildman–Crippen LogP) is -0.541. The van der Waals surface area contributed by atoms with Gasteiger partial charge in [0, 0.05) is 0 Å². The molecule has 0 fully saturated rings. The van der Waals surface area contributed by atoms with Gasteiger partial charge in [-0.1, -0.05) is 6.92 Å². The molecule has 5 heteroatoms. The number of ether oxygens (including phenoxy) is 1. The second kappa shape index (κ2) is 3.71. The summed E-state index contributed by atoms with van der Waals surface area (Å²) in [6.45, 7) is 1.73. The summed E-state index contributed by atoms with van der Waals surface area (Å²) >= 11 is 0. The molecular formula is C4H6NO4-. The quantitative estimate of drug-likeness (QED) is 0.293. The molecule has 0 amide bonds. The Labute approximate surface area is 51.7 Å². The van der Waals surface area contributed by atoms with Crippen LogP contribution in [0.25, 0.3) is 0 Å². The van der Waals surface area contributed by atoms with E-state index in [0.29, 0.717) is 0 Å². The standard InChI is InChI=1S/C4H7NO4/c1-2-9-4(6)3-5(7)8/h3,6H,2H2,1H3/p-1. The van der Waals surface area contributed by atoms with Crippen LogP contribution in [0.4, 0.5) is 0 Å². The van der Waals surface area contributed by atoms with Crippen LogP contribution in [0.3, 0.4) is 0 Å². The topological polar surface area (TPSA) is 75.4 Å². The number of rotatable bonds is 3. The van der Waals surface area contributed by atoms with Crippen LogP contribution in [-0.4, -0.2) is 11.5 Å². The van der Waals surface area contributed by atoms with Crippen LogP contribution in [0.2, 0.25) is 0 Å². The van der Waals surface area contributed by atoms with Crippen molar-refractivity contribution in [1.82, 2.24) is 0 Å². The van der Waals surface area contributed by atoms with Gasteiger partial charge < -0.3 is 9.84 Å². The van der Waals surface area contributed by atoms with E-state index in [4.69, 9.17) is 0 Å². The maximum atomic E-state index is 10.1. The van der Waals surface area contributed by atoms with Crippen molar-refractivity contribution < 1.29 is 14.8 Å². The Bertz CT molecular complexity index is 131. The van der Waals surface area contributed by atoms with Crippen molar-refractivity contribution >= 4 is 0 Å². The minimum atomic E-state index is -0.914. The van der Waals surface area contributed by atoms with E-state index in [2.05, 4.69) is 4.74 Å². The Morgan fingerprint density at radius 2 is 2.44 bits per heavy atom. The van der Waals surface area contributed by atoms with Crippen molar-refractivity contribution in [2.24, 2.45) is 0 Å². The highest BCUT2D eigenvalue weighted by atomic mass is 16.6. The lowest BCUT2D eigenvalue weighted by atomic mass is 10.8. The molecule has 5 nitrogen and oxygen atoms in total. The highest BCUT2D eigenvalue weighted by molar-refractivity contribution is 4.67. The van der Waals surface area contributed by atoms with Crippen LogP contribution in [-0.2, 0) is 4.74 Å². The number of hydrogen-bond donors (Lipinski definition) is 0. The summed E-state index contributed by atoms with van der Waals surface area (Å²) in [6, 6.07) is 0. The predicted molar refractivity (Wildman–Crippen MR) is 26.7 cm³/mol. The largest absolute Gasteiger partial charge is 0.609 e. The average molecular weight is 132 g/mol. The first-order valence-electron chi connectivity index (χ1n) is 2.32. The SMILES string of the molecule is CCOC([O-])=C[N+](=O)[O-]. The molecule has 52 valence electrons. The van der Waals surface area contributed by atoms with Gasteiger partial charge in [-0.25, -0.2) is 0 Å². The minimum Gasteiger partial charge on any atom is -0.609 e. The van der Waals surface area contributed by atoms with Gasteiger partial charge in [-0.2, -0.15) is 0 Å². The van der Waals surface area contributed by atoms with E-state index in [1.54, 1.807) is 6.92 Å². The van der Waals surface area contributed by atoms with E-state index in [1.807, 2.05) is 0 Å². The van der Waals surface area contributed by atoms with E-state index < -0.39 is 10.9 Å². The van der Waals surface area contributed by atoms with Gasteiger partial charge in [0.15, 0.2) is 0 Å². The molecule has 0 bridgehead atoms. The lowest BCUT2D eigenvalue weighted by Crippen LogP contribution is -2.09. The van der Waals surface area contributed by atoms with Gasteiger partial charge in [0.1, 0.15) is 5.95 Å². The first kappa shape index (κ1) is 7.74. The van der Waals surface area contributed by atoms with Crippen molar-refractivity contribution in [1.29, 1.82) is 0 Å². The molecular weight excluding hydrogens is 126 g/mol. The molecule has 0 atom stereocenters. The Hall–Kier alpha value is -1.26. The van der Waals surface area contributed by atoms with Crippen LogP contribution in [0.5, 0.6) is 0 Å². The van der Waals surface area contributed by atoms with Crippen LogP contribution < -0.4 is 5.11 Å². The summed E-state index contributed by atoms with van der Waals surface area (Å²) in [6.07, 6.45) is 0.281. The average Bonchev–Trinajstić information content (AvgIpc) is 1.63. The molecule has 0 aliphatic rings. The van der Waals surface area contributed by atoms with Gasteiger partial charge in [-0.15, -0.1) is 0 Å². The zero-order valence-corrected chi connectivity index (χ0v) is 4.86. The third kappa shape index (κ3) is 4.60. The molecule has 0 radical (unpaired) electrons. The Morgan fingerprint density at radius 1 is 1.89 bits per heavy atom. The number of nitro groups is 1. The summed E-state index contributed by atoms with van der Waals surface area (Å²) in [4.78, 5) is 8.68. The maximum Gasteiger partial charge on any atom is 0.256 e. The van der Waals surface area contributed by atoms with Gasteiger partial charge >= 0.3 is 0 Å². The maximum absolute atomic E-state index is 10.1. The van der Waals surface area contributed by atoms with E-state index in [0.717, 1.165) is 0 Å². The highest BCUT2D eigenvalue weighted by Gasteiger charge is 1.86. The zero-order chi connectivity index (χ0) is 7.28. The van der Waals surface area contributed by atoms with Crippen LogP contribution in [0.15, 0.2) is 12.1 Å². The fourth-order valence-corrected chi connectivity index (χ4v) is 0.266. The monoisotopic (exact) mass is 132 g/mol. The molecule has 0 spiro atoms. The lowest BCUT2D eigenvalue weighted by Gasteiger charge is -2.07. The fourth-order valence-electron chi connectivity index (χ4n) is 0.266. The molecule has 9 heavy (non-hydrogen) atoms. The third-order valence-electron chi connectivity index (χ3n) is 0.497. The van der Waals surface area contributed by atoms with Crippen LogP contribution in [0, 0.1) is 10.1 Å². The molecule has 0 saturated carbocycles. The molecule has 0 heterocycles. The second-order valence-corrected chi connectivity index (χ2v) is 1.17. The smallest absolute Gasteiger partial charge is 0.256 e. The fraction of sp³-hybridized carbons (Fsp3) is 0.500. The molecule has 0 saturated heterocycles. The Balaban J connectivity index is 3.69. The second-order valence-electron chi connectivity index (χ2n) is 1.17. The van der Waals surface area contributed by atoms with E-state index in [-0.39, 0.29) is 12.8 Å². The van der Waals surface area contributed by atoms with Crippen molar-refractivity contribution in [2.75, 3.05) is 6.61 Å². The highest BCUT2D eigenvalue weighted by Crippen LogP contribution is 1.84. The van der Waals surface area contributed by atoms with Crippen molar-refractivity contribution in [2.45, 2.75) is 6.92 Å². The summed E-state index contributed by atoms with van der Waals surface area (Å²) in [5.74, 6) is -0.914. The van der Waals surface area contributed by atoms with Crippen LogP contribution >= 0.6 is 0 Å². The summed E-state index contributed by atoms with van der Waals surface area (Å²) in [5, 5.41) is 19.7. The van der Waals surface area contributed by atoms with Gasteiger partial charge in [-0.3, -0.25) is 10.1 Å². The summed E-state index contributed by atoms with van der Waals surface area (Å²) in [7, 11) is 0.